The fourth-order valence-corrected chi connectivity index (χ4v) is 3.02. The van der Waals surface area contributed by atoms with Crippen LogP contribution >= 0.6 is 0 Å². The summed E-state index contributed by atoms with van der Waals surface area (Å²) in [6.07, 6.45) is 6.97. The van der Waals surface area contributed by atoms with E-state index in [2.05, 4.69) is 25.9 Å². The van der Waals surface area contributed by atoms with Crippen LogP contribution in [0.15, 0.2) is 12.3 Å². The molecule has 1 aliphatic rings. The first-order valence-corrected chi connectivity index (χ1v) is 6.29. The summed E-state index contributed by atoms with van der Waals surface area (Å²) in [6, 6.07) is 2.39. The summed E-state index contributed by atoms with van der Waals surface area (Å²) in [5.74, 6) is 1.49. The van der Waals surface area contributed by atoms with Crippen LogP contribution in [0, 0.1) is 11.3 Å². The Balaban J connectivity index is 2.27. The normalized spacial score (nSPS) is 26.9. The molecule has 0 aliphatic heterocycles. The Bertz CT molecular complexity index is 348. The lowest BCUT2D eigenvalue weighted by Crippen LogP contribution is -2.33. The summed E-state index contributed by atoms with van der Waals surface area (Å²) >= 11 is 0. The number of nitrogens with zero attached hydrogens (tertiary/aromatic N) is 2. The van der Waals surface area contributed by atoms with Gasteiger partial charge in [-0.05, 0) is 30.2 Å². The molecule has 90 valence electrons. The zero-order chi connectivity index (χ0) is 11.8. The second-order valence-electron chi connectivity index (χ2n) is 6.02. The zero-order valence-corrected chi connectivity index (χ0v) is 10.6. The van der Waals surface area contributed by atoms with Gasteiger partial charge in [0, 0.05) is 0 Å². The van der Waals surface area contributed by atoms with E-state index in [0.29, 0.717) is 17.4 Å². The summed E-state index contributed by atoms with van der Waals surface area (Å²) in [5.41, 5.74) is 6.31. The third-order valence-corrected chi connectivity index (χ3v) is 3.86. The molecule has 16 heavy (non-hydrogen) atoms. The van der Waals surface area contributed by atoms with E-state index in [1.165, 1.54) is 25.7 Å². The van der Waals surface area contributed by atoms with Crippen LogP contribution in [0.4, 0.5) is 5.82 Å². The first-order valence-electron chi connectivity index (χ1n) is 6.29. The average Bonchev–Trinajstić information content (AvgIpc) is 2.63. The van der Waals surface area contributed by atoms with Gasteiger partial charge in [-0.3, -0.25) is 0 Å². The van der Waals surface area contributed by atoms with E-state index in [-0.39, 0.29) is 0 Å². The van der Waals surface area contributed by atoms with Gasteiger partial charge in [0.15, 0.2) is 0 Å². The molecule has 3 nitrogen and oxygen atoms in total. The number of aromatic nitrogens is 2. The Morgan fingerprint density at radius 3 is 2.56 bits per heavy atom. The molecule has 2 N–H and O–H groups in total. The van der Waals surface area contributed by atoms with Crippen molar-refractivity contribution in [3.8, 4) is 0 Å². The minimum absolute atomic E-state index is 0.337. The predicted molar refractivity (Wildman–Crippen MR) is 67.1 cm³/mol. The molecule has 1 aromatic heterocycles. The van der Waals surface area contributed by atoms with E-state index in [0.717, 1.165) is 5.82 Å². The van der Waals surface area contributed by atoms with E-state index < -0.39 is 0 Å². The number of anilines is 1. The van der Waals surface area contributed by atoms with Crippen molar-refractivity contribution in [2.24, 2.45) is 11.3 Å². The first kappa shape index (κ1) is 11.5. The van der Waals surface area contributed by atoms with Gasteiger partial charge in [0.2, 0.25) is 0 Å². The highest BCUT2D eigenvalue weighted by Gasteiger charge is 2.35. The van der Waals surface area contributed by atoms with Gasteiger partial charge < -0.3 is 5.73 Å². The molecule has 1 heterocycles. The number of rotatable bonds is 1. The summed E-state index contributed by atoms with van der Waals surface area (Å²) in [5, 5.41) is 4.39. The summed E-state index contributed by atoms with van der Waals surface area (Å²) < 4.78 is 2.04. The predicted octanol–water partition coefficient (Wildman–Crippen LogP) is 3.24. The number of nitrogen functional groups attached to an aromatic ring is 1. The first-order chi connectivity index (χ1) is 7.50. The molecule has 1 saturated carbocycles. The lowest BCUT2D eigenvalue weighted by atomic mass is 9.69. The summed E-state index contributed by atoms with van der Waals surface area (Å²) in [7, 11) is 0. The van der Waals surface area contributed by atoms with E-state index in [1.54, 1.807) is 0 Å². The van der Waals surface area contributed by atoms with Gasteiger partial charge in [-0.25, -0.2) is 4.68 Å². The van der Waals surface area contributed by atoms with Crippen LogP contribution in [0.3, 0.4) is 0 Å². The highest BCUT2D eigenvalue weighted by atomic mass is 15.3. The minimum Gasteiger partial charge on any atom is -0.384 e. The molecule has 1 aliphatic carbocycles. The molecule has 0 bridgehead atoms. The molecule has 3 heteroatoms. The zero-order valence-electron chi connectivity index (χ0n) is 10.6. The Labute approximate surface area is 98.0 Å². The monoisotopic (exact) mass is 221 g/mol. The van der Waals surface area contributed by atoms with Gasteiger partial charge in [0.1, 0.15) is 5.82 Å². The van der Waals surface area contributed by atoms with Crippen molar-refractivity contribution in [3.05, 3.63) is 12.3 Å². The van der Waals surface area contributed by atoms with E-state index in [9.17, 15) is 0 Å². The molecule has 0 spiro atoms. The van der Waals surface area contributed by atoms with Crippen LogP contribution in [-0.4, -0.2) is 9.78 Å². The van der Waals surface area contributed by atoms with Gasteiger partial charge in [-0.1, -0.05) is 33.6 Å². The topological polar surface area (TPSA) is 43.8 Å². The standard InChI is InChI=1S/C13H23N3/c1-13(2,3)10-6-4-5-7-11(10)16-12(14)8-9-15-16/h8-11H,4-7,14H2,1-3H3. The molecule has 2 atom stereocenters. The molecule has 2 rings (SSSR count). The maximum atomic E-state index is 5.98. The molecule has 0 saturated heterocycles. The van der Waals surface area contributed by atoms with Crippen LogP contribution in [-0.2, 0) is 0 Å². The van der Waals surface area contributed by atoms with Crippen molar-refractivity contribution in [2.75, 3.05) is 5.73 Å². The molecule has 1 fully saturated rings. The van der Waals surface area contributed by atoms with Gasteiger partial charge in [-0.15, -0.1) is 0 Å². The quantitative estimate of drug-likeness (QED) is 0.791. The Hall–Kier alpha value is -0.990. The van der Waals surface area contributed by atoms with Crippen molar-refractivity contribution < 1.29 is 0 Å². The maximum Gasteiger partial charge on any atom is 0.121 e. The largest absolute Gasteiger partial charge is 0.384 e. The highest BCUT2D eigenvalue weighted by molar-refractivity contribution is 5.27. The fourth-order valence-electron chi connectivity index (χ4n) is 3.02. The molecule has 2 unspecified atom stereocenters. The number of nitrogens with two attached hydrogens (primary N) is 1. The van der Waals surface area contributed by atoms with Crippen molar-refractivity contribution in [2.45, 2.75) is 52.5 Å². The third kappa shape index (κ3) is 2.08. The average molecular weight is 221 g/mol. The van der Waals surface area contributed by atoms with Crippen LogP contribution in [0.25, 0.3) is 0 Å². The molecular weight excluding hydrogens is 198 g/mol. The Kier molecular flexibility index (Phi) is 2.96. The van der Waals surface area contributed by atoms with Crippen LogP contribution < -0.4 is 5.73 Å². The smallest absolute Gasteiger partial charge is 0.121 e. The third-order valence-electron chi connectivity index (χ3n) is 3.86. The van der Waals surface area contributed by atoms with Crippen molar-refractivity contribution in [1.82, 2.24) is 9.78 Å². The van der Waals surface area contributed by atoms with E-state index in [4.69, 9.17) is 5.73 Å². The van der Waals surface area contributed by atoms with Crippen molar-refractivity contribution in [1.29, 1.82) is 0 Å². The lowest BCUT2D eigenvalue weighted by molar-refractivity contribution is 0.107. The van der Waals surface area contributed by atoms with Crippen LogP contribution in [0.5, 0.6) is 0 Å². The molecule has 0 radical (unpaired) electrons. The number of hydrogen-bond acceptors (Lipinski definition) is 2. The van der Waals surface area contributed by atoms with Crippen LogP contribution in [0.1, 0.15) is 52.5 Å². The van der Waals surface area contributed by atoms with Crippen molar-refractivity contribution in [3.63, 3.8) is 0 Å². The van der Waals surface area contributed by atoms with Gasteiger partial charge in [-0.2, -0.15) is 5.10 Å². The number of hydrogen-bond donors (Lipinski definition) is 1. The van der Waals surface area contributed by atoms with E-state index in [1.807, 2.05) is 16.9 Å². The van der Waals surface area contributed by atoms with Gasteiger partial charge in [0.05, 0.1) is 12.2 Å². The lowest BCUT2D eigenvalue weighted by Gasteiger charge is -2.40. The molecular formula is C13H23N3. The van der Waals surface area contributed by atoms with Gasteiger partial charge in [0.25, 0.3) is 0 Å². The minimum atomic E-state index is 0.337. The summed E-state index contributed by atoms with van der Waals surface area (Å²) in [4.78, 5) is 0. The Morgan fingerprint density at radius 2 is 2.00 bits per heavy atom. The second-order valence-corrected chi connectivity index (χ2v) is 6.02. The van der Waals surface area contributed by atoms with E-state index >= 15 is 0 Å². The van der Waals surface area contributed by atoms with Crippen LogP contribution in [0.2, 0.25) is 0 Å². The molecule has 0 aromatic carbocycles. The SMILES string of the molecule is CC(C)(C)C1CCCCC1n1nccc1N. The maximum absolute atomic E-state index is 5.98. The summed E-state index contributed by atoms with van der Waals surface area (Å²) in [6.45, 7) is 6.99. The van der Waals surface area contributed by atoms with Crippen molar-refractivity contribution >= 4 is 5.82 Å². The Morgan fingerprint density at radius 1 is 1.31 bits per heavy atom. The second kappa shape index (κ2) is 4.11. The molecule has 1 aromatic rings. The van der Waals surface area contributed by atoms with Gasteiger partial charge >= 0.3 is 0 Å². The molecule has 0 amide bonds. The fraction of sp³-hybridized carbons (Fsp3) is 0.769. The highest BCUT2D eigenvalue weighted by Crippen LogP contribution is 2.44.